The fourth-order valence-electron chi connectivity index (χ4n) is 3.89. The second kappa shape index (κ2) is 6.82. The molecule has 0 saturated carbocycles. The minimum atomic E-state index is -0.152. The SMILES string of the molecule is CCn1c(C2CCN(C(=O)Cc3c[nH]c4ccccc34)CC2)n[nH]c1=O. The first-order valence-electron chi connectivity index (χ1n) is 9.15. The third-order valence-electron chi connectivity index (χ3n) is 5.33. The maximum atomic E-state index is 12.7. The van der Waals surface area contributed by atoms with E-state index in [-0.39, 0.29) is 17.5 Å². The molecule has 3 aromatic rings. The first-order valence-corrected chi connectivity index (χ1v) is 9.15. The van der Waals surface area contributed by atoms with Gasteiger partial charge in [0.25, 0.3) is 0 Å². The molecule has 136 valence electrons. The monoisotopic (exact) mass is 353 g/mol. The summed E-state index contributed by atoms with van der Waals surface area (Å²) >= 11 is 0. The fourth-order valence-corrected chi connectivity index (χ4v) is 3.89. The molecule has 1 amide bonds. The Labute approximate surface area is 151 Å². The summed E-state index contributed by atoms with van der Waals surface area (Å²) in [6, 6.07) is 8.04. The van der Waals surface area contributed by atoms with Crippen LogP contribution in [0.5, 0.6) is 0 Å². The molecule has 4 rings (SSSR count). The van der Waals surface area contributed by atoms with E-state index in [1.165, 1.54) is 0 Å². The molecule has 1 saturated heterocycles. The molecule has 3 heterocycles. The van der Waals surface area contributed by atoms with Gasteiger partial charge in [0.1, 0.15) is 5.82 Å². The summed E-state index contributed by atoms with van der Waals surface area (Å²) < 4.78 is 1.69. The summed E-state index contributed by atoms with van der Waals surface area (Å²) in [5.41, 5.74) is 1.95. The lowest BCUT2D eigenvalue weighted by Crippen LogP contribution is -2.39. The average molecular weight is 353 g/mol. The van der Waals surface area contributed by atoms with Gasteiger partial charge >= 0.3 is 5.69 Å². The predicted molar refractivity (Wildman–Crippen MR) is 99.1 cm³/mol. The lowest BCUT2D eigenvalue weighted by molar-refractivity contribution is -0.131. The standard InChI is InChI=1S/C19H23N5O2/c1-2-24-18(21-22-19(24)26)13-7-9-23(10-8-13)17(25)11-14-12-20-16-6-4-3-5-15(14)16/h3-6,12-13,20H,2,7-11H2,1H3,(H,22,26). The first-order chi connectivity index (χ1) is 12.7. The zero-order valence-electron chi connectivity index (χ0n) is 14.9. The van der Waals surface area contributed by atoms with E-state index >= 15 is 0 Å². The van der Waals surface area contributed by atoms with E-state index in [1.807, 2.05) is 42.3 Å². The smallest absolute Gasteiger partial charge is 0.343 e. The van der Waals surface area contributed by atoms with Crippen molar-refractivity contribution in [1.29, 1.82) is 0 Å². The largest absolute Gasteiger partial charge is 0.361 e. The summed E-state index contributed by atoms with van der Waals surface area (Å²) in [6.45, 7) is 3.97. The first kappa shape index (κ1) is 16.6. The number of likely N-dealkylation sites (tertiary alicyclic amines) is 1. The molecule has 1 aliphatic rings. The Hall–Kier alpha value is -2.83. The number of nitrogens with zero attached hydrogens (tertiary/aromatic N) is 3. The van der Waals surface area contributed by atoms with Gasteiger partial charge in [-0.1, -0.05) is 18.2 Å². The summed E-state index contributed by atoms with van der Waals surface area (Å²) in [5, 5.41) is 7.84. The number of aromatic nitrogens is 4. The number of carbonyl (C=O) groups is 1. The molecule has 1 aromatic carbocycles. The Morgan fingerprint density at radius 3 is 2.81 bits per heavy atom. The molecule has 26 heavy (non-hydrogen) atoms. The maximum Gasteiger partial charge on any atom is 0.343 e. The van der Waals surface area contributed by atoms with Gasteiger partial charge in [-0.05, 0) is 31.4 Å². The van der Waals surface area contributed by atoms with E-state index in [4.69, 9.17) is 0 Å². The number of rotatable bonds is 4. The van der Waals surface area contributed by atoms with Crippen LogP contribution in [-0.4, -0.2) is 43.6 Å². The third-order valence-corrected chi connectivity index (χ3v) is 5.33. The summed E-state index contributed by atoms with van der Waals surface area (Å²) in [6.07, 6.45) is 4.02. The molecule has 0 atom stereocenters. The molecule has 0 bridgehead atoms. The predicted octanol–water partition coefficient (Wildman–Crippen LogP) is 2.02. The van der Waals surface area contributed by atoms with Gasteiger partial charge in [0.05, 0.1) is 6.42 Å². The van der Waals surface area contributed by atoms with Gasteiger partial charge in [0, 0.05) is 42.7 Å². The van der Waals surface area contributed by atoms with E-state index in [0.717, 1.165) is 35.1 Å². The van der Waals surface area contributed by atoms with Crippen LogP contribution < -0.4 is 5.69 Å². The third kappa shape index (κ3) is 2.94. The minimum Gasteiger partial charge on any atom is -0.361 e. The highest BCUT2D eigenvalue weighted by atomic mass is 16.2. The van der Waals surface area contributed by atoms with Gasteiger partial charge in [0.2, 0.25) is 5.91 Å². The van der Waals surface area contributed by atoms with E-state index in [0.29, 0.717) is 26.1 Å². The topological polar surface area (TPSA) is 86.8 Å². The fraction of sp³-hybridized carbons (Fsp3) is 0.421. The van der Waals surface area contributed by atoms with Crippen LogP contribution in [0.4, 0.5) is 0 Å². The number of carbonyl (C=O) groups excluding carboxylic acids is 1. The molecule has 7 heteroatoms. The Morgan fingerprint density at radius 1 is 1.27 bits per heavy atom. The number of hydrogen-bond acceptors (Lipinski definition) is 3. The van der Waals surface area contributed by atoms with E-state index < -0.39 is 0 Å². The normalized spacial score (nSPS) is 15.7. The zero-order chi connectivity index (χ0) is 18.1. The van der Waals surface area contributed by atoms with Crippen LogP contribution in [0.2, 0.25) is 0 Å². The molecular formula is C19H23N5O2. The maximum absolute atomic E-state index is 12.7. The van der Waals surface area contributed by atoms with Crippen LogP contribution >= 0.6 is 0 Å². The second-order valence-corrected chi connectivity index (χ2v) is 6.82. The van der Waals surface area contributed by atoms with Crippen molar-refractivity contribution in [1.82, 2.24) is 24.6 Å². The molecule has 0 radical (unpaired) electrons. The van der Waals surface area contributed by atoms with Crippen molar-refractivity contribution in [2.24, 2.45) is 0 Å². The number of amides is 1. The highest BCUT2D eigenvalue weighted by molar-refractivity contribution is 5.88. The van der Waals surface area contributed by atoms with Crippen molar-refractivity contribution >= 4 is 16.8 Å². The van der Waals surface area contributed by atoms with Crippen LogP contribution in [0.1, 0.15) is 37.1 Å². The number of nitrogens with one attached hydrogen (secondary N) is 2. The van der Waals surface area contributed by atoms with Crippen LogP contribution in [-0.2, 0) is 17.8 Å². The number of benzene rings is 1. The van der Waals surface area contributed by atoms with E-state index in [2.05, 4.69) is 15.2 Å². The van der Waals surface area contributed by atoms with Crippen LogP contribution in [0.25, 0.3) is 10.9 Å². The number of hydrogen-bond donors (Lipinski definition) is 2. The van der Waals surface area contributed by atoms with Crippen molar-refractivity contribution in [2.45, 2.75) is 38.6 Å². The molecule has 0 aliphatic carbocycles. The van der Waals surface area contributed by atoms with Gasteiger partial charge in [0.15, 0.2) is 0 Å². The van der Waals surface area contributed by atoms with Gasteiger partial charge < -0.3 is 9.88 Å². The summed E-state index contributed by atoms with van der Waals surface area (Å²) in [5.74, 6) is 1.20. The molecule has 2 aromatic heterocycles. The number of para-hydroxylation sites is 1. The highest BCUT2D eigenvalue weighted by Crippen LogP contribution is 2.27. The van der Waals surface area contributed by atoms with Crippen molar-refractivity contribution in [2.75, 3.05) is 13.1 Å². The van der Waals surface area contributed by atoms with Gasteiger partial charge in [-0.15, -0.1) is 0 Å². The van der Waals surface area contributed by atoms with Crippen LogP contribution in [0, 0.1) is 0 Å². The van der Waals surface area contributed by atoms with Gasteiger partial charge in [-0.3, -0.25) is 9.36 Å². The van der Waals surface area contributed by atoms with Crippen molar-refractivity contribution in [3.63, 3.8) is 0 Å². The van der Waals surface area contributed by atoms with Crippen molar-refractivity contribution < 1.29 is 4.79 Å². The molecule has 2 N–H and O–H groups in total. The quantitative estimate of drug-likeness (QED) is 0.752. The van der Waals surface area contributed by atoms with Crippen LogP contribution in [0.3, 0.4) is 0 Å². The van der Waals surface area contributed by atoms with E-state index in [1.54, 1.807) is 4.57 Å². The zero-order valence-corrected chi connectivity index (χ0v) is 14.9. The molecule has 7 nitrogen and oxygen atoms in total. The van der Waals surface area contributed by atoms with Gasteiger partial charge in [-0.2, -0.15) is 5.10 Å². The summed E-state index contributed by atoms with van der Waals surface area (Å²) in [7, 11) is 0. The lowest BCUT2D eigenvalue weighted by Gasteiger charge is -2.31. The molecule has 0 unspecified atom stereocenters. The Kier molecular flexibility index (Phi) is 4.36. The molecule has 0 spiro atoms. The lowest BCUT2D eigenvalue weighted by atomic mass is 9.95. The molecular weight excluding hydrogens is 330 g/mol. The Morgan fingerprint density at radius 2 is 2.04 bits per heavy atom. The van der Waals surface area contributed by atoms with Gasteiger partial charge in [-0.25, -0.2) is 9.89 Å². The van der Waals surface area contributed by atoms with Crippen LogP contribution in [0.15, 0.2) is 35.3 Å². The number of fused-ring (bicyclic) bond motifs is 1. The van der Waals surface area contributed by atoms with Crippen molar-refractivity contribution in [3.8, 4) is 0 Å². The molecule has 1 fully saturated rings. The number of H-pyrrole nitrogens is 2. The Bertz CT molecular complexity index is 975. The number of piperidine rings is 1. The minimum absolute atomic E-state index is 0.152. The highest BCUT2D eigenvalue weighted by Gasteiger charge is 2.27. The average Bonchev–Trinajstić information content (AvgIpc) is 3.25. The van der Waals surface area contributed by atoms with Crippen molar-refractivity contribution in [3.05, 3.63) is 52.3 Å². The van der Waals surface area contributed by atoms with E-state index in [9.17, 15) is 9.59 Å². The molecule has 1 aliphatic heterocycles. The second-order valence-electron chi connectivity index (χ2n) is 6.82. The number of aromatic amines is 2. The Balaban J connectivity index is 1.41. The summed E-state index contributed by atoms with van der Waals surface area (Å²) in [4.78, 5) is 29.6.